The molecule has 1 aliphatic rings. The fourth-order valence-corrected chi connectivity index (χ4v) is 2.70. The second kappa shape index (κ2) is 6.68. The van der Waals surface area contributed by atoms with Crippen LogP contribution in [0, 0.1) is 5.82 Å². The average Bonchev–Trinajstić information content (AvgIpc) is 3.20. The van der Waals surface area contributed by atoms with Crippen LogP contribution in [0.2, 0.25) is 0 Å². The van der Waals surface area contributed by atoms with Gasteiger partial charge in [0.1, 0.15) is 12.4 Å². The van der Waals surface area contributed by atoms with E-state index in [2.05, 4.69) is 21.5 Å². The summed E-state index contributed by atoms with van der Waals surface area (Å²) in [7, 11) is 0. The van der Waals surface area contributed by atoms with E-state index in [-0.39, 0.29) is 18.3 Å². The van der Waals surface area contributed by atoms with E-state index in [9.17, 15) is 9.18 Å². The molecule has 6 nitrogen and oxygen atoms in total. The molecule has 1 aromatic heterocycles. The Morgan fingerprint density at radius 3 is 3.00 bits per heavy atom. The van der Waals surface area contributed by atoms with Crippen LogP contribution in [-0.4, -0.2) is 37.6 Å². The minimum absolute atomic E-state index is 0.0213. The Kier molecular flexibility index (Phi) is 4.45. The van der Waals surface area contributed by atoms with Gasteiger partial charge in [-0.1, -0.05) is 18.2 Å². The molecule has 3 rings (SSSR count). The highest BCUT2D eigenvalue weighted by Gasteiger charge is 2.20. The lowest BCUT2D eigenvalue weighted by molar-refractivity contribution is -0.130. The van der Waals surface area contributed by atoms with Crippen LogP contribution in [0.25, 0.3) is 11.4 Å². The number of nitrogens with zero attached hydrogens (tertiary/aromatic N) is 5. The molecular formula is C16H18FN5O. The Morgan fingerprint density at radius 2 is 2.30 bits per heavy atom. The maximum absolute atomic E-state index is 13.2. The van der Waals surface area contributed by atoms with Crippen molar-refractivity contribution in [1.29, 1.82) is 0 Å². The Labute approximate surface area is 133 Å². The van der Waals surface area contributed by atoms with Gasteiger partial charge in [-0.3, -0.25) is 4.79 Å². The first kappa shape index (κ1) is 15.3. The predicted octanol–water partition coefficient (Wildman–Crippen LogP) is 2.40. The zero-order valence-corrected chi connectivity index (χ0v) is 12.9. The summed E-state index contributed by atoms with van der Waals surface area (Å²) in [5, 5.41) is 12.0. The van der Waals surface area contributed by atoms with E-state index >= 15 is 0 Å². The highest BCUT2D eigenvalue weighted by atomic mass is 19.1. The lowest BCUT2D eigenvalue weighted by atomic mass is 10.2. The molecule has 1 amide bonds. The van der Waals surface area contributed by atoms with Crippen molar-refractivity contribution in [3.63, 3.8) is 0 Å². The third-order valence-electron chi connectivity index (χ3n) is 3.79. The second-order valence-electron chi connectivity index (χ2n) is 5.38. The van der Waals surface area contributed by atoms with Gasteiger partial charge in [-0.25, -0.2) is 4.39 Å². The van der Waals surface area contributed by atoms with Crippen molar-refractivity contribution in [3.8, 4) is 11.4 Å². The van der Waals surface area contributed by atoms with E-state index in [4.69, 9.17) is 0 Å². The Balaban J connectivity index is 1.72. The quantitative estimate of drug-likeness (QED) is 0.850. The van der Waals surface area contributed by atoms with Crippen LogP contribution in [0.3, 0.4) is 0 Å². The second-order valence-corrected chi connectivity index (χ2v) is 5.38. The van der Waals surface area contributed by atoms with Gasteiger partial charge in [-0.05, 0) is 43.5 Å². The number of likely N-dealkylation sites (N-methyl/N-ethyl adjacent to an activating group) is 1. The van der Waals surface area contributed by atoms with Gasteiger partial charge in [0.15, 0.2) is 0 Å². The third-order valence-corrected chi connectivity index (χ3v) is 3.79. The summed E-state index contributed by atoms with van der Waals surface area (Å²) in [6, 6.07) is 5.98. The maximum Gasteiger partial charge on any atom is 0.250 e. The minimum atomic E-state index is -0.361. The standard InChI is InChI=1S/C16H18FN5O/c1-2-21(14-8-3-4-9-14)15(23)11-22-19-16(18-20-22)12-6-5-7-13(17)10-12/h5-8,10H,2-4,9,11H2,1H3. The summed E-state index contributed by atoms with van der Waals surface area (Å²) in [5.74, 6) is -0.121. The van der Waals surface area contributed by atoms with Crippen LogP contribution in [0.5, 0.6) is 0 Å². The lowest BCUT2D eigenvalue weighted by Gasteiger charge is -2.21. The third kappa shape index (κ3) is 3.44. The highest BCUT2D eigenvalue weighted by molar-refractivity contribution is 5.77. The van der Waals surface area contributed by atoms with Crippen molar-refractivity contribution in [2.75, 3.05) is 6.54 Å². The number of allylic oxidation sites excluding steroid dienone is 2. The van der Waals surface area contributed by atoms with E-state index in [1.54, 1.807) is 17.0 Å². The van der Waals surface area contributed by atoms with Crippen LogP contribution in [-0.2, 0) is 11.3 Å². The fraction of sp³-hybridized carbons (Fsp3) is 0.375. The van der Waals surface area contributed by atoms with Crippen LogP contribution in [0.4, 0.5) is 4.39 Å². The molecule has 0 aliphatic heterocycles. The average molecular weight is 315 g/mol. The number of carbonyl (C=O) groups is 1. The zero-order chi connectivity index (χ0) is 16.2. The predicted molar refractivity (Wildman–Crippen MR) is 82.5 cm³/mol. The number of hydrogen-bond acceptors (Lipinski definition) is 4. The van der Waals surface area contributed by atoms with Crippen LogP contribution in [0.1, 0.15) is 26.2 Å². The largest absolute Gasteiger partial charge is 0.315 e. The van der Waals surface area contributed by atoms with E-state index in [1.807, 2.05) is 6.92 Å². The summed E-state index contributed by atoms with van der Waals surface area (Å²) in [5.41, 5.74) is 1.61. The number of amides is 1. The first-order chi connectivity index (χ1) is 11.2. The molecule has 0 N–H and O–H groups in total. The van der Waals surface area contributed by atoms with E-state index in [0.717, 1.165) is 25.0 Å². The van der Waals surface area contributed by atoms with Gasteiger partial charge < -0.3 is 4.90 Å². The Bertz CT molecular complexity index is 740. The first-order valence-corrected chi connectivity index (χ1v) is 7.70. The van der Waals surface area contributed by atoms with Crippen LogP contribution in [0.15, 0.2) is 36.0 Å². The van der Waals surface area contributed by atoms with Gasteiger partial charge in [-0.2, -0.15) is 4.80 Å². The number of rotatable bonds is 5. The molecular weight excluding hydrogens is 297 g/mol. The molecule has 23 heavy (non-hydrogen) atoms. The van der Waals surface area contributed by atoms with Crippen molar-refractivity contribution < 1.29 is 9.18 Å². The summed E-state index contributed by atoms with van der Waals surface area (Å²) in [6.45, 7) is 2.59. The molecule has 0 fully saturated rings. The molecule has 1 aromatic carbocycles. The number of aromatic nitrogens is 4. The number of carbonyl (C=O) groups excluding carboxylic acids is 1. The minimum Gasteiger partial charge on any atom is -0.315 e. The fourth-order valence-electron chi connectivity index (χ4n) is 2.70. The molecule has 1 heterocycles. The van der Waals surface area contributed by atoms with Crippen molar-refractivity contribution in [2.24, 2.45) is 0 Å². The molecule has 120 valence electrons. The Hall–Kier alpha value is -2.57. The highest BCUT2D eigenvalue weighted by Crippen LogP contribution is 2.21. The maximum atomic E-state index is 13.2. The van der Waals surface area contributed by atoms with Crippen LogP contribution >= 0.6 is 0 Å². The molecule has 0 atom stereocenters. The molecule has 1 aliphatic carbocycles. The van der Waals surface area contributed by atoms with Crippen molar-refractivity contribution in [2.45, 2.75) is 32.7 Å². The summed E-state index contributed by atoms with van der Waals surface area (Å²) in [4.78, 5) is 15.4. The molecule has 0 spiro atoms. The molecule has 0 saturated carbocycles. The van der Waals surface area contributed by atoms with E-state index in [1.165, 1.54) is 16.9 Å². The zero-order valence-electron chi connectivity index (χ0n) is 12.9. The smallest absolute Gasteiger partial charge is 0.250 e. The molecule has 7 heteroatoms. The normalized spacial score (nSPS) is 13.9. The Morgan fingerprint density at radius 1 is 1.43 bits per heavy atom. The van der Waals surface area contributed by atoms with Gasteiger partial charge in [0.2, 0.25) is 11.7 Å². The first-order valence-electron chi connectivity index (χ1n) is 7.70. The monoisotopic (exact) mass is 315 g/mol. The van der Waals surface area contributed by atoms with Gasteiger partial charge >= 0.3 is 0 Å². The van der Waals surface area contributed by atoms with E-state index in [0.29, 0.717) is 17.9 Å². The topological polar surface area (TPSA) is 63.9 Å². The van der Waals surface area contributed by atoms with Gasteiger partial charge in [-0.15, -0.1) is 10.2 Å². The number of halogens is 1. The van der Waals surface area contributed by atoms with Gasteiger partial charge in [0.05, 0.1) is 0 Å². The molecule has 0 unspecified atom stereocenters. The number of hydrogen-bond donors (Lipinski definition) is 0. The van der Waals surface area contributed by atoms with Gasteiger partial charge in [0, 0.05) is 17.8 Å². The van der Waals surface area contributed by atoms with Crippen molar-refractivity contribution >= 4 is 5.91 Å². The summed E-state index contributed by atoms with van der Waals surface area (Å²) in [6.07, 6.45) is 5.14. The molecule has 0 bridgehead atoms. The summed E-state index contributed by atoms with van der Waals surface area (Å²) >= 11 is 0. The van der Waals surface area contributed by atoms with Gasteiger partial charge in [0.25, 0.3) is 0 Å². The SMILES string of the molecule is CCN(C(=O)Cn1nnc(-c2cccc(F)c2)n1)C1=CCCC1. The van der Waals surface area contributed by atoms with E-state index < -0.39 is 0 Å². The van der Waals surface area contributed by atoms with Crippen molar-refractivity contribution in [3.05, 3.63) is 41.9 Å². The molecule has 0 saturated heterocycles. The number of benzene rings is 1. The van der Waals surface area contributed by atoms with Crippen molar-refractivity contribution in [1.82, 2.24) is 25.1 Å². The summed E-state index contributed by atoms with van der Waals surface area (Å²) < 4.78 is 13.2. The lowest BCUT2D eigenvalue weighted by Crippen LogP contribution is -2.33. The number of tetrazole rings is 1. The molecule has 0 radical (unpaired) electrons. The van der Waals surface area contributed by atoms with Crippen LogP contribution < -0.4 is 0 Å². The molecule has 2 aromatic rings.